The van der Waals surface area contributed by atoms with Crippen LogP contribution in [0.4, 0.5) is 0 Å². The number of aromatic carboxylic acids is 1. The molecule has 1 fully saturated rings. The number of carbonyl (C=O) groups is 1. The zero-order valence-electron chi connectivity index (χ0n) is 10.4. The Morgan fingerprint density at radius 1 is 1.40 bits per heavy atom. The number of carboxylic acids is 1. The maximum Gasteiger partial charge on any atom is 0.345 e. The molecule has 9 heteroatoms. The van der Waals surface area contributed by atoms with Crippen LogP contribution in [0.2, 0.25) is 0 Å². The number of sulfonamides is 1. The van der Waals surface area contributed by atoms with Gasteiger partial charge in [-0.15, -0.1) is 11.3 Å². The number of halogens is 1. The van der Waals surface area contributed by atoms with Crippen molar-refractivity contribution in [3.05, 3.63) is 14.7 Å². The van der Waals surface area contributed by atoms with Crippen LogP contribution in [-0.4, -0.2) is 36.7 Å². The zero-order chi connectivity index (χ0) is 14.9. The lowest BCUT2D eigenvalue weighted by molar-refractivity contribution is 0.0702. The lowest BCUT2D eigenvalue weighted by atomic mass is 9.93. The first-order valence-electron chi connectivity index (χ1n) is 6.04. The summed E-state index contributed by atoms with van der Waals surface area (Å²) in [6.07, 6.45) is 2.18. The van der Waals surface area contributed by atoms with E-state index in [0.717, 1.165) is 30.2 Å². The lowest BCUT2D eigenvalue weighted by Gasteiger charge is -2.27. The van der Waals surface area contributed by atoms with Gasteiger partial charge >= 0.3 is 5.97 Å². The van der Waals surface area contributed by atoms with E-state index in [4.69, 9.17) is 5.11 Å². The minimum Gasteiger partial charge on any atom is -0.477 e. The Bertz CT molecular complexity index is 612. The molecule has 1 aromatic heterocycles. The van der Waals surface area contributed by atoms with Gasteiger partial charge in [0.25, 0.3) is 0 Å². The van der Waals surface area contributed by atoms with Gasteiger partial charge in [-0.2, -0.15) is 0 Å². The van der Waals surface area contributed by atoms with Crippen molar-refractivity contribution in [1.29, 1.82) is 0 Å². The van der Waals surface area contributed by atoms with Gasteiger partial charge in [-0.1, -0.05) is 12.8 Å². The van der Waals surface area contributed by atoms with Gasteiger partial charge in [0, 0.05) is 6.04 Å². The van der Waals surface area contributed by atoms with Gasteiger partial charge in [0.2, 0.25) is 10.0 Å². The van der Waals surface area contributed by atoms with E-state index in [1.165, 1.54) is 0 Å². The van der Waals surface area contributed by atoms with E-state index >= 15 is 0 Å². The van der Waals surface area contributed by atoms with Crippen LogP contribution in [0, 0.1) is 0 Å². The number of carboxylic acid groups (broad SMARTS) is 1. The molecule has 20 heavy (non-hydrogen) atoms. The molecule has 2 rings (SSSR count). The molecular formula is C11H14BrNO5S2. The minimum atomic E-state index is -3.85. The highest BCUT2D eigenvalue weighted by molar-refractivity contribution is 9.11. The molecule has 0 radical (unpaired) electrons. The summed E-state index contributed by atoms with van der Waals surface area (Å²) in [7, 11) is -3.85. The van der Waals surface area contributed by atoms with Crippen molar-refractivity contribution in [1.82, 2.24) is 4.72 Å². The molecule has 1 aromatic rings. The molecule has 0 saturated heterocycles. The molecule has 0 amide bonds. The molecule has 112 valence electrons. The summed E-state index contributed by atoms with van der Waals surface area (Å²) in [6.45, 7) is 0. The van der Waals surface area contributed by atoms with Crippen LogP contribution in [0.25, 0.3) is 0 Å². The van der Waals surface area contributed by atoms with Crippen molar-refractivity contribution in [3.63, 3.8) is 0 Å². The Balaban J connectivity index is 2.24. The van der Waals surface area contributed by atoms with Crippen LogP contribution < -0.4 is 4.72 Å². The normalized spacial score (nSPS) is 23.7. The third-order valence-electron chi connectivity index (χ3n) is 3.19. The Hall–Kier alpha value is -0.480. The largest absolute Gasteiger partial charge is 0.477 e. The standard InChI is InChI=1S/C11H14BrNO5S2/c12-10-9(5-8(19-10)11(15)16)20(17,18)13-6-3-1-2-4-7(6)14/h5-7,13-14H,1-4H2,(H,15,16)/t6-,7-/m1/s1. The summed E-state index contributed by atoms with van der Waals surface area (Å²) in [5.41, 5.74) is 0. The Labute approximate surface area is 129 Å². The van der Waals surface area contributed by atoms with Gasteiger partial charge < -0.3 is 10.2 Å². The number of aliphatic hydroxyl groups excluding tert-OH is 1. The number of nitrogens with one attached hydrogen (secondary N) is 1. The first kappa shape index (κ1) is 15.9. The van der Waals surface area contributed by atoms with Crippen LogP contribution in [0.1, 0.15) is 35.4 Å². The molecular weight excluding hydrogens is 370 g/mol. The number of aliphatic hydroxyl groups is 1. The molecule has 6 nitrogen and oxygen atoms in total. The van der Waals surface area contributed by atoms with Crippen molar-refractivity contribution in [2.45, 2.75) is 42.7 Å². The molecule has 0 unspecified atom stereocenters. The predicted molar refractivity (Wildman–Crippen MR) is 77.6 cm³/mol. The third-order valence-corrected chi connectivity index (χ3v) is 6.92. The zero-order valence-corrected chi connectivity index (χ0v) is 13.6. The average Bonchev–Trinajstić information content (AvgIpc) is 2.75. The van der Waals surface area contributed by atoms with Crippen LogP contribution in [0.15, 0.2) is 14.7 Å². The molecule has 3 N–H and O–H groups in total. The van der Waals surface area contributed by atoms with E-state index in [9.17, 15) is 18.3 Å². The second-order valence-corrected chi connectivity index (χ2v) is 8.69. The number of hydrogen-bond donors (Lipinski definition) is 3. The van der Waals surface area contributed by atoms with E-state index < -0.39 is 28.1 Å². The maximum absolute atomic E-state index is 12.3. The fraction of sp³-hybridized carbons (Fsp3) is 0.545. The van der Waals surface area contributed by atoms with E-state index in [1.807, 2.05) is 0 Å². The second kappa shape index (κ2) is 6.10. The summed E-state index contributed by atoms with van der Waals surface area (Å²) in [6, 6.07) is 0.600. The fourth-order valence-corrected chi connectivity index (χ4v) is 5.86. The molecule has 0 bridgehead atoms. The van der Waals surface area contributed by atoms with Crippen molar-refractivity contribution in [2.24, 2.45) is 0 Å². The molecule has 1 heterocycles. The van der Waals surface area contributed by atoms with E-state index in [0.29, 0.717) is 12.8 Å². The topological polar surface area (TPSA) is 104 Å². The van der Waals surface area contributed by atoms with Crippen LogP contribution >= 0.6 is 27.3 Å². The van der Waals surface area contributed by atoms with Gasteiger partial charge in [0.05, 0.1) is 9.89 Å². The average molecular weight is 384 g/mol. The van der Waals surface area contributed by atoms with Crippen molar-refractivity contribution >= 4 is 43.3 Å². The number of hydrogen-bond acceptors (Lipinski definition) is 5. The molecule has 0 aromatic carbocycles. The van der Waals surface area contributed by atoms with Crippen LogP contribution in [-0.2, 0) is 10.0 Å². The van der Waals surface area contributed by atoms with Crippen LogP contribution in [0.5, 0.6) is 0 Å². The molecule has 1 aliphatic rings. The molecule has 1 saturated carbocycles. The second-order valence-electron chi connectivity index (χ2n) is 4.63. The number of rotatable bonds is 4. The Morgan fingerprint density at radius 3 is 2.60 bits per heavy atom. The quantitative estimate of drug-likeness (QED) is 0.735. The van der Waals surface area contributed by atoms with Gasteiger partial charge in [-0.25, -0.2) is 17.9 Å². The van der Waals surface area contributed by atoms with E-state index in [2.05, 4.69) is 20.7 Å². The number of thiophene rings is 1. The van der Waals surface area contributed by atoms with Crippen LogP contribution in [0.3, 0.4) is 0 Å². The van der Waals surface area contributed by atoms with E-state index in [1.54, 1.807) is 0 Å². The van der Waals surface area contributed by atoms with Crippen molar-refractivity contribution in [2.75, 3.05) is 0 Å². The summed E-state index contributed by atoms with van der Waals surface area (Å²) in [5.74, 6) is -1.17. The highest BCUT2D eigenvalue weighted by Gasteiger charge is 2.30. The fourth-order valence-electron chi connectivity index (χ4n) is 2.15. The Morgan fingerprint density at radius 2 is 2.05 bits per heavy atom. The molecule has 0 aliphatic heterocycles. The monoisotopic (exact) mass is 383 g/mol. The first-order valence-corrected chi connectivity index (χ1v) is 9.13. The highest BCUT2D eigenvalue weighted by Crippen LogP contribution is 2.32. The maximum atomic E-state index is 12.3. The lowest BCUT2D eigenvalue weighted by Crippen LogP contribution is -2.44. The third kappa shape index (κ3) is 3.40. The van der Waals surface area contributed by atoms with Gasteiger partial charge in [-0.05, 0) is 34.8 Å². The summed E-state index contributed by atoms with van der Waals surface area (Å²) in [4.78, 5) is 10.7. The van der Waals surface area contributed by atoms with E-state index in [-0.39, 0.29) is 13.6 Å². The smallest absolute Gasteiger partial charge is 0.345 e. The van der Waals surface area contributed by atoms with Gasteiger partial charge in [0.1, 0.15) is 9.77 Å². The molecule has 1 aliphatic carbocycles. The highest BCUT2D eigenvalue weighted by atomic mass is 79.9. The first-order chi connectivity index (χ1) is 9.31. The SMILES string of the molecule is O=C(O)c1cc(S(=O)(=O)N[C@@H]2CCCC[C@H]2O)c(Br)s1. The molecule has 2 atom stereocenters. The van der Waals surface area contributed by atoms with Crippen molar-refractivity contribution in [3.8, 4) is 0 Å². The Kier molecular flexibility index (Phi) is 4.85. The summed E-state index contributed by atoms with van der Waals surface area (Å²) in [5, 5.41) is 18.7. The van der Waals surface area contributed by atoms with Gasteiger partial charge in [0.15, 0.2) is 0 Å². The predicted octanol–water partition coefficient (Wildman–Crippen LogP) is 1.79. The van der Waals surface area contributed by atoms with Crippen molar-refractivity contribution < 1.29 is 23.4 Å². The summed E-state index contributed by atoms with van der Waals surface area (Å²) < 4.78 is 27.2. The van der Waals surface area contributed by atoms with Gasteiger partial charge in [-0.3, -0.25) is 0 Å². The molecule has 0 spiro atoms. The summed E-state index contributed by atoms with van der Waals surface area (Å²) >= 11 is 3.92. The minimum absolute atomic E-state index is 0.0542.